The van der Waals surface area contributed by atoms with Crippen molar-refractivity contribution in [2.75, 3.05) is 37.0 Å². The van der Waals surface area contributed by atoms with Crippen LogP contribution in [0.2, 0.25) is 0 Å². The van der Waals surface area contributed by atoms with E-state index in [9.17, 15) is 4.79 Å². The van der Waals surface area contributed by atoms with Gasteiger partial charge in [-0.2, -0.15) is 11.8 Å². The van der Waals surface area contributed by atoms with Crippen molar-refractivity contribution in [1.82, 2.24) is 9.88 Å². The zero-order chi connectivity index (χ0) is 21.1. The molecule has 156 valence electrons. The summed E-state index contributed by atoms with van der Waals surface area (Å²) in [5.74, 6) is 3.01. The fraction of sp³-hybridized carbons (Fsp3) is 0.333. The molecule has 1 aliphatic rings. The number of anilines is 2. The summed E-state index contributed by atoms with van der Waals surface area (Å²) in [7, 11) is 1.63. The highest BCUT2D eigenvalue weighted by Gasteiger charge is 2.22. The maximum absolute atomic E-state index is 13.2. The average Bonchev–Trinajstić information content (AvgIpc) is 2.78. The summed E-state index contributed by atoms with van der Waals surface area (Å²) in [6.07, 6.45) is 0. The molecule has 4 rings (SSSR count). The Morgan fingerprint density at radius 1 is 1.13 bits per heavy atom. The predicted octanol–water partition coefficient (Wildman–Crippen LogP) is 5.30. The lowest BCUT2D eigenvalue weighted by Gasteiger charge is -2.26. The van der Waals surface area contributed by atoms with Gasteiger partial charge in [0.05, 0.1) is 12.8 Å². The van der Waals surface area contributed by atoms with E-state index in [0.29, 0.717) is 22.9 Å². The first-order valence-electron chi connectivity index (χ1n) is 10.3. The number of hydrogen-bond acceptors (Lipinski definition) is 5. The summed E-state index contributed by atoms with van der Waals surface area (Å²) in [5, 5.41) is 4.45. The molecule has 0 unspecified atom stereocenters. The number of nitrogens with zero attached hydrogens (tertiary/aromatic N) is 2. The molecule has 0 atom stereocenters. The van der Waals surface area contributed by atoms with Gasteiger partial charge < -0.3 is 15.0 Å². The van der Waals surface area contributed by atoms with Crippen LogP contribution in [0.5, 0.6) is 5.75 Å². The van der Waals surface area contributed by atoms with Crippen molar-refractivity contribution in [1.29, 1.82) is 0 Å². The molecule has 1 saturated heterocycles. The smallest absolute Gasteiger partial charge is 0.272 e. The molecule has 0 aliphatic carbocycles. The number of carbonyl (C=O) groups is 1. The molecule has 1 aliphatic heterocycles. The molecule has 6 heteroatoms. The predicted molar refractivity (Wildman–Crippen MR) is 125 cm³/mol. The van der Waals surface area contributed by atoms with E-state index in [1.807, 2.05) is 47.0 Å². The molecular weight excluding hydrogens is 394 g/mol. The molecule has 0 bridgehead atoms. The van der Waals surface area contributed by atoms with Crippen molar-refractivity contribution in [2.24, 2.45) is 0 Å². The summed E-state index contributed by atoms with van der Waals surface area (Å²) >= 11 is 1.88. The van der Waals surface area contributed by atoms with Gasteiger partial charge in [-0.25, -0.2) is 4.98 Å². The van der Waals surface area contributed by atoms with E-state index >= 15 is 0 Å². The molecule has 2 heterocycles. The monoisotopic (exact) mass is 421 g/mol. The van der Waals surface area contributed by atoms with Crippen molar-refractivity contribution < 1.29 is 9.53 Å². The van der Waals surface area contributed by atoms with Gasteiger partial charge >= 0.3 is 0 Å². The fourth-order valence-electron chi connectivity index (χ4n) is 3.66. The molecule has 1 aromatic heterocycles. The van der Waals surface area contributed by atoms with Crippen molar-refractivity contribution in [2.45, 2.75) is 19.8 Å². The van der Waals surface area contributed by atoms with E-state index in [0.717, 1.165) is 41.4 Å². The van der Waals surface area contributed by atoms with Gasteiger partial charge in [0.2, 0.25) is 0 Å². The van der Waals surface area contributed by atoms with Crippen molar-refractivity contribution in [3.63, 3.8) is 0 Å². The van der Waals surface area contributed by atoms with Crippen LogP contribution in [0.4, 0.5) is 11.4 Å². The van der Waals surface area contributed by atoms with Crippen LogP contribution in [-0.2, 0) is 0 Å². The molecule has 1 N–H and O–H groups in total. The number of rotatable bonds is 5. The first kappa shape index (κ1) is 20.5. The second-order valence-electron chi connectivity index (χ2n) is 7.72. The molecule has 1 fully saturated rings. The van der Waals surface area contributed by atoms with Crippen LogP contribution in [0.25, 0.3) is 10.9 Å². The van der Waals surface area contributed by atoms with Crippen LogP contribution in [0, 0.1) is 0 Å². The van der Waals surface area contributed by atoms with Crippen LogP contribution in [0.3, 0.4) is 0 Å². The lowest BCUT2D eigenvalue weighted by atomic mass is 10.0. The number of ether oxygens (including phenoxy) is 1. The number of nitrogens with one attached hydrogen (secondary N) is 1. The Morgan fingerprint density at radius 3 is 2.63 bits per heavy atom. The second-order valence-corrected chi connectivity index (χ2v) is 8.95. The van der Waals surface area contributed by atoms with Crippen molar-refractivity contribution in [3.8, 4) is 5.75 Å². The van der Waals surface area contributed by atoms with Gasteiger partial charge in [-0.1, -0.05) is 38.1 Å². The van der Waals surface area contributed by atoms with Gasteiger partial charge in [-0.05, 0) is 35.7 Å². The fourth-order valence-corrected chi connectivity index (χ4v) is 4.56. The Labute approximate surface area is 181 Å². The second kappa shape index (κ2) is 8.96. The average molecular weight is 422 g/mol. The molecule has 30 heavy (non-hydrogen) atoms. The standard InChI is InChI=1S/C24H27N3O2S/c1-16(2)17-6-4-7-18(14-17)25-20-15-21(24(28)27-10-12-30-13-11-27)26-23-19(20)8-5-9-22(23)29-3/h4-9,14-16H,10-13H2,1-3H3,(H,25,26). The Kier molecular flexibility index (Phi) is 6.13. The number of benzene rings is 2. The highest BCUT2D eigenvalue weighted by atomic mass is 32.2. The van der Waals surface area contributed by atoms with E-state index in [-0.39, 0.29) is 5.91 Å². The number of para-hydroxylation sites is 1. The van der Waals surface area contributed by atoms with Gasteiger partial charge in [-0.15, -0.1) is 0 Å². The third-order valence-corrected chi connectivity index (χ3v) is 6.31. The minimum atomic E-state index is -0.0258. The number of pyridine rings is 1. The van der Waals surface area contributed by atoms with Crippen LogP contribution in [0.15, 0.2) is 48.5 Å². The van der Waals surface area contributed by atoms with Crippen molar-refractivity contribution in [3.05, 3.63) is 59.8 Å². The molecule has 0 spiro atoms. The molecular formula is C24H27N3O2S. The Hall–Kier alpha value is -2.73. The molecule has 0 radical (unpaired) electrons. The molecule has 3 aromatic rings. The number of fused-ring (bicyclic) bond motifs is 1. The zero-order valence-electron chi connectivity index (χ0n) is 17.6. The topological polar surface area (TPSA) is 54.5 Å². The Bertz CT molecular complexity index is 1060. The molecule has 5 nitrogen and oxygen atoms in total. The SMILES string of the molecule is COc1cccc2c(Nc3cccc(C(C)C)c3)cc(C(=O)N3CCSCC3)nc12. The molecule has 2 aromatic carbocycles. The quantitative estimate of drug-likeness (QED) is 0.606. The summed E-state index contributed by atoms with van der Waals surface area (Å²) in [4.78, 5) is 19.8. The number of amides is 1. The lowest BCUT2D eigenvalue weighted by molar-refractivity contribution is 0.0767. The van der Waals surface area contributed by atoms with Gasteiger partial charge in [-0.3, -0.25) is 4.79 Å². The number of carbonyl (C=O) groups excluding carboxylic acids is 1. The van der Waals surface area contributed by atoms with Gasteiger partial charge in [0.25, 0.3) is 5.91 Å². The van der Waals surface area contributed by atoms with E-state index in [1.54, 1.807) is 7.11 Å². The highest BCUT2D eigenvalue weighted by Crippen LogP contribution is 2.33. The van der Waals surface area contributed by atoms with E-state index in [1.165, 1.54) is 5.56 Å². The maximum Gasteiger partial charge on any atom is 0.272 e. The maximum atomic E-state index is 13.2. The first-order valence-corrected chi connectivity index (χ1v) is 11.4. The normalized spacial score (nSPS) is 14.2. The minimum Gasteiger partial charge on any atom is -0.494 e. The number of methoxy groups -OCH3 is 1. The largest absolute Gasteiger partial charge is 0.494 e. The molecule has 1 amide bonds. The molecule has 0 saturated carbocycles. The number of hydrogen-bond donors (Lipinski definition) is 1. The van der Waals surface area contributed by atoms with E-state index < -0.39 is 0 Å². The zero-order valence-corrected chi connectivity index (χ0v) is 18.5. The summed E-state index contributed by atoms with van der Waals surface area (Å²) in [5.41, 5.74) is 4.25. The van der Waals surface area contributed by atoms with Crippen LogP contribution < -0.4 is 10.1 Å². The Morgan fingerprint density at radius 2 is 1.90 bits per heavy atom. The van der Waals surface area contributed by atoms with Crippen molar-refractivity contribution >= 4 is 39.9 Å². The third-order valence-electron chi connectivity index (χ3n) is 5.37. The summed E-state index contributed by atoms with van der Waals surface area (Å²) < 4.78 is 5.54. The third kappa shape index (κ3) is 4.24. The number of aromatic nitrogens is 1. The van der Waals surface area contributed by atoms with E-state index in [4.69, 9.17) is 9.72 Å². The van der Waals surface area contributed by atoms with Crippen LogP contribution >= 0.6 is 11.8 Å². The summed E-state index contributed by atoms with van der Waals surface area (Å²) in [6, 6.07) is 16.1. The van der Waals surface area contributed by atoms with Gasteiger partial charge in [0, 0.05) is 35.7 Å². The summed E-state index contributed by atoms with van der Waals surface area (Å²) in [6.45, 7) is 5.88. The van der Waals surface area contributed by atoms with Crippen LogP contribution in [-0.4, -0.2) is 47.5 Å². The van der Waals surface area contributed by atoms with Crippen LogP contribution in [0.1, 0.15) is 35.8 Å². The first-order chi connectivity index (χ1) is 14.6. The lowest BCUT2D eigenvalue weighted by Crippen LogP contribution is -2.38. The number of thioether (sulfide) groups is 1. The van der Waals surface area contributed by atoms with Gasteiger partial charge in [0.1, 0.15) is 17.0 Å². The minimum absolute atomic E-state index is 0.0258. The van der Waals surface area contributed by atoms with Gasteiger partial charge in [0.15, 0.2) is 0 Å². The van der Waals surface area contributed by atoms with E-state index in [2.05, 4.69) is 37.4 Å². The Balaban J connectivity index is 1.79. The highest BCUT2D eigenvalue weighted by molar-refractivity contribution is 7.99.